The predicted molar refractivity (Wildman–Crippen MR) is 69.5 cm³/mol. The highest BCUT2D eigenvalue weighted by Crippen LogP contribution is 2.24. The minimum Gasteiger partial charge on any atom is -0.376 e. The summed E-state index contributed by atoms with van der Waals surface area (Å²) in [4.78, 5) is 0. The molecule has 0 aliphatic heterocycles. The highest BCUT2D eigenvalue weighted by Gasteiger charge is 2.13. The predicted octanol–water partition coefficient (Wildman–Crippen LogP) is 4.15. The molecule has 0 radical (unpaired) electrons. The van der Waals surface area contributed by atoms with E-state index in [0.717, 1.165) is 18.2 Å². The van der Waals surface area contributed by atoms with E-state index >= 15 is 0 Å². The molecule has 0 aromatic heterocycles. The minimum atomic E-state index is -0.695. The molecule has 0 fully saturated rings. The Hall–Kier alpha value is -2.48. The summed E-state index contributed by atoms with van der Waals surface area (Å²) in [7, 11) is 0. The Labute approximate surface area is 114 Å². The number of anilines is 1. The Morgan fingerprint density at radius 1 is 1.05 bits per heavy atom. The first kappa shape index (κ1) is 13.9. The number of hydrogen-bond donors (Lipinski definition) is 1. The van der Waals surface area contributed by atoms with Gasteiger partial charge in [0.1, 0.15) is 17.5 Å². The second-order valence-electron chi connectivity index (χ2n) is 4.34. The first-order valence-corrected chi connectivity index (χ1v) is 5.92. The van der Waals surface area contributed by atoms with E-state index in [-0.39, 0.29) is 16.8 Å². The van der Waals surface area contributed by atoms with E-state index in [2.05, 4.69) is 5.32 Å². The third-order valence-electron chi connectivity index (χ3n) is 2.90. The van der Waals surface area contributed by atoms with Crippen LogP contribution >= 0.6 is 0 Å². The van der Waals surface area contributed by atoms with Crippen molar-refractivity contribution < 1.29 is 13.2 Å². The van der Waals surface area contributed by atoms with Gasteiger partial charge in [-0.05, 0) is 31.2 Å². The van der Waals surface area contributed by atoms with Gasteiger partial charge in [-0.1, -0.05) is 6.07 Å². The smallest absolute Gasteiger partial charge is 0.147 e. The van der Waals surface area contributed by atoms with Crippen LogP contribution in [0.15, 0.2) is 36.4 Å². The molecule has 0 amide bonds. The molecular formula is C15H11F3N2. The Balaban J connectivity index is 2.23. The molecule has 1 N–H and O–H groups in total. The third-order valence-corrected chi connectivity index (χ3v) is 2.90. The van der Waals surface area contributed by atoms with Gasteiger partial charge in [-0.25, -0.2) is 13.2 Å². The molecule has 2 rings (SSSR count). The van der Waals surface area contributed by atoms with Gasteiger partial charge in [-0.2, -0.15) is 5.26 Å². The van der Waals surface area contributed by atoms with Crippen LogP contribution in [0.25, 0.3) is 0 Å². The molecule has 2 aromatic rings. The summed E-state index contributed by atoms with van der Waals surface area (Å²) in [6.45, 7) is 1.63. The summed E-state index contributed by atoms with van der Waals surface area (Å²) in [6.07, 6.45) is 0. The van der Waals surface area contributed by atoms with Crippen molar-refractivity contribution in [2.75, 3.05) is 5.32 Å². The van der Waals surface area contributed by atoms with E-state index in [1.54, 1.807) is 6.92 Å². The van der Waals surface area contributed by atoms with Gasteiger partial charge >= 0.3 is 0 Å². The van der Waals surface area contributed by atoms with Crippen molar-refractivity contribution in [2.24, 2.45) is 0 Å². The number of benzene rings is 2. The molecule has 5 heteroatoms. The Kier molecular flexibility index (Phi) is 3.94. The Morgan fingerprint density at radius 2 is 1.80 bits per heavy atom. The van der Waals surface area contributed by atoms with Crippen LogP contribution in [-0.4, -0.2) is 0 Å². The zero-order valence-corrected chi connectivity index (χ0v) is 10.6. The van der Waals surface area contributed by atoms with Gasteiger partial charge in [0, 0.05) is 11.6 Å². The van der Waals surface area contributed by atoms with Crippen molar-refractivity contribution in [3.63, 3.8) is 0 Å². The largest absolute Gasteiger partial charge is 0.376 e. The molecule has 0 aliphatic carbocycles. The maximum Gasteiger partial charge on any atom is 0.147 e. The maximum absolute atomic E-state index is 13.7. The fraction of sp³-hybridized carbons (Fsp3) is 0.133. The molecule has 0 heterocycles. The van der Waals surface area contributed by atoms with Crippen LogP contribution in [0.1, 0.15) is 24.1 Å². The summed E-state index contributed by atoms with van der Waals surface area (Å²) in [6, 6.07) is 8.48. The SMILES string of the molecule is CC(Nc1ccc(C#N)cc1F)c1ccc(F)cc1F. The molecule has 0 spiro atoms. The van der Waals surface area contributed by atoms with Crippen LogP contribution in [0, 0.1) is 28.8 Å². The molecule has 1 atom stereocenters. The molecule has 2 aromatic carbocycles. The highest BCUT2D eigenvalue weighted by molar-refractivity contribution is 5.50. The van der Waals surface area contributed by atoms with Gasteiger partial charge in [-0.3, -0.25) is 0 Å². The first-order valence-electron chi connectivity index (χ1n) is 5.92. The lowest BCUT2D eigenvalue weighted by Crippen LogP contribution is -2.10. The summed E-state index contributed by atoms with van der Waals surface area (Å²) in [5.74, 6) is -1.96. The average molecular weight is 276 g/mol. The summed E-state index contributed by atoms with van der Waals surface area (Å²) in [5, 5.41) is 11.4. The van der Waals surface area contributed by atoms with Gasteiger partial charge in [0.25, 0.3) is 0 Å². The fourth-order valence-corrected chi connectivity index (χ4v) is 1.87. The zero-order chi connectivity index (χ0) is 14.7. The minimum absolute atomic E-state index is 0.153. The fourth-order valence-electron chi connectivity index (χ4n) is 1.87. The van der Waals surface area contributed by atoms with Crippen molar-refractivity contribution >= 4 is 5.69 Å². The molecular weight excluding hydrogens is 265 g/mol. The lowest BCUT2D eigenvalue weighted by Gasteiger charge is -2.17. The number of halogens is 3. The summed E-state index contributed by atoms with van der Waals surface area (Å²) < 4.78 is 40.2. The number of rotatable bonds is 3. The number of nitrogens with zero attached hydrogens (tertiary/aromatic N) is 1. The lowest BCUT2D eigenvalue weighted by molar-refractivity contribution is 0.565. The second-order valence-corrected chi connectivity index (χ2v) is 4.34. The van der Waals surface area contributed by atoms with Crippen LogP contribution in [-0.2, 0) is 0 Å². The molecule has 0 bridgehead atoms. The summed E-state index contributed by atoms with van der Waals surface area (Å²) in [5.41, 5.74) is 0.587. The number of nitriles is 1. The van der Waals surface area contributed by atoms with Crippen LogP contribution in [0.4, 0.5) is 18.9 Å². The maximum atomic E-state index is 13.7. The molecule has 0 aliphatic rings. The van der Waals surface area contributed by atoms with E-state index in [1.165, 1.54) is 18.2 Å². The number of hydrogen-bond acceptors (Lipinski definition) is 2. The molecule has 102 valence electrons. The van der Waals surface area contributed by atoms with E-state index < -0.39 is 23.5 Å². The van der Waals surface area contributed by atoms with E-state index in [9.17, 15) is 13.2 Å². The van der Waals surface area contributed by atoms with Crippen LogP contribution in [0.5, 0.6) is 0 Å². The topological polar surface area (TPSA) is 35.8 Å². The molecule has 1 unspecified atom stereocenters. The van der Waals surface area contributed by atoms with Crippen molar-refractivity contribution in [1.29, 1.82) is 5.26 Å². The molecule has 20 heavy (non-hydrogen) atoms. The van der Waals surface area contributed by atoms with Crippen LogP contribution < -0.4 is 5.32 Å². The van der Waals surface area contributed by atoms with Crippen molar-refractivity contribution in [1.82, 2.24) is 0 Å². The normalized spacial score (nSPS) is 11.8. The van der Waals surface area contributed by atoms with Gasteiger partial charge < -0.3 is 5.32 Å². The van der Waals surface area contributed by atoms with E-state index in [0.29, 0.717) is 0 Å². The van der Waals surface area contributed by atoms with Crippen molar-refractivity contribution in [3.8, 4) is 6.07 Å². The van der Waals surface area contributed by atoms with Gasteiger partial charge in [0.15, 0.2) is 0 Å². The molecule has 2 nitrogen and oxygen atoms in total. The summed E-state index contributed by atoms with van der Waals surface area (Å²) >= 11 is 0. The van der Waals surface area contributed by atoms with Gasteiger partial charge in [-0.15, -0.1) is 0 Å². The van der Waals surface area contributed by atoms with Gasteiger partial charge in [0.2, 0.25) is 0 Å². The Bertz CT molecular complexity index is 677. The zero-order valence-electron chi connectivity index (χ0n) is 10.6. The van der Waals surface area contributed by atoms with Crippen molar-refractivity contribution in [3.05, 3.63) is 65.0 Å². The van der Waals surface area contributed by atoms with Crippen LogP contribution in [0.2, 0.25) is 0 Å². The van der Waals surface area contributed by atoms with Gasteiger partial charge in [0.05, 0.1) is 23.4 Å². The average Bonchev–Trinajstić information content (AvgIpc) is 2.40. The first-order chi connectivity index (χ1) is 9.51. The Morgan fingerprint density at radius 3 is 2.40 bits per heavy atom. The monoisotopic (exact) mass is 276 g/mol. The molecule has 0 saturated heterocycles. The second kappa shape index (κ2) is 5.66. The quantitative estimate of drug-likeness (QED) is 0.914. The van der Waals surface area contributed by atoms with Crippen molar-refractivity contribution in [2.45, 2.75) is 13.0 Å². The standard InChI is InChI=1S/C15H11F3N2/c1-9(12-4-3-11(16)7-13(12)17)20-15-5-2-10(8-19)6-14(15)18/h2-7,9,20H,1H3. The highest BCUT2D eigenvalue weighted by atomic mass is 19.1. The van der Waals surface area contributed by atoms with E-state index in [1.807, 2.05) is 6.07 Å². The third kappa shape index (κ3) is 2.91. The van der Waals surface area contributed by atoms with E-state index in [4.69, 9.17) is 5.26 Å². The molecule has 0 saturated carbocycles. The number of nitrogens with one attached hydrogen (secondary N) is 1. The lowest BCUT2D eigenvalue weighted by atomic mass is 10.1. The van der Waals surface area contributed by atoms with Crippen LogP contribution in [0.3, 0.4) is 0 Å².